The van der Waals surface area contributed by atoms with Crippen molar-refractivity contribution in [3.8, 4) is 0 Å². The fourth-order valence-electron chi connectivity index (χ4n) is 3.00. The van der Waals surface area contributed by atoms with Gasteiger partial charge in [0, 0.05) is 12.0 Å². The summed E-state index contributed by atoms with van der Waals surface area (Å²) in [7, 11) is 0. The number of hydrogen-bond acceptors (Lipinski definition) is 1. The molecule has 2 aromatic carbocycles. The summed E-state index contributed by atoms with van der Waals surface area (Å²) < 4.78 is 0. The molecule has 0 amide bonds. The van der Waals surface area contributed by atoms with Gasteiger partial charge in [0.1, 0.15) is 0 Å². The zero-order valence-corrected chi connectivity index (χ0v) is 12.4. The van der Waals surface area contributed by atoms with Crippen molar-refractivity contribution in [3.05, 3.63) is 70.3 Å². The maximum absolute atomic E-state index is 5.90. The molecule has 3 rings (SSSR count). The van der Waals surface area contributed by atoms with E-state index in [4.69, 9.17) is 5.73 Å². The highest BCUT2D eigenvalue weighted by atomic mass is 14.7. The minimum absolute atomic E-state index is 0.304. The van der Waals surface area contributed by atoms with Gasteiger partial charge < -0.3 is 5.73 Å². The first-order valence-corrected chi connectivity index (χ1v) is 7.49. The molecule has 104 valence electrons. The summed E-state index contributed by atoms with van der Waals surface area (Å²) in [5.41, 5.74) is 13.1. The van der Waals surface area contributed by atoms with Crippen molar-refractivity contribution in [2.24, 2.45) is 5.73 Å². The van der Waals surface area contributed by atoms with Gasteiger partial charge in [-0.3, -0.25) is 0 Å². The molecule has 0 atom stereocenters. The zero-order chi connectivity index (χ0) is 14.2. The Morgan fingerprint density at radius 3 is 2.25 bits per heavy atom. The molecule has 0 bridgehead atoms. The number of benzene rings is 2. The molecule has 2 N–H and O–H groups in total. The second-order valence-electron chi connectivity index (χ2n) is 6.29. The number of rotatable bonds is 4. The van der Waals surface area contributed by atoms with Crippen molar-refractivity contribution in [2.75, 3.05) is 6.54 Å². The molecular weight excluding hydrogens is 242 g/mol. The maximum atomic E-state index is 5.90. The van der Waals surface area contributed by atoms with Gasteiger partial charge in [-0.1, -0.05) is 48.0 Å². The van der Waals surface area contributed by atoms with Crippen LogP contribution in [0.1, 0.15) is 40.7 Å². The second kappa shape index (κ2) is 5.06. The number of nitrogens with two attached hydrogens (primary N) is 1. The van der Waals surface area contributed by atoms with Crippen LogP contribution in [0.5, 0.6) is 0 Å². The normalized spacial score (nSPS) is 16.1. The average Bonchev–Trinajstić information content (AvgIpc) is 3.24. The van der Waals surface area contributed by atoms with Gasteiger partial charge in [0.05, 0.1) is 0 Å². The van der Waals surface area contributed by atoms with Crippen LogP contribution in [0.15, 0.2) is 42.5 Å². The number of hydrogen-bond donors (Lipinski definition) is 1. The Bertz CT molecular complexity index is 606. The van der Waals surface area contributed by atoms with Crippen molar-refractivity contribution < 1.29 is 0 Å². The van der Waals surface area contributed by atoms with E-state index >= 15 is 0 Å². The van der Waals surface area contributed by atoms with Gasteiger partial charge in [-0.25, -0.2) is 0 Å². The van der Waals surface area contributed by atoms with Crippen molar-refractivity contribution in [2.45, 2.75) is 38.5 Å². The van der Waals surface area contributed by atoms with Gasteiger partial charge >= 0.3 is 0 Å². The zero-order valence-electron chi connectivity index (χ0n) is 12.4. The molecule has 1 nitrogen and oxygen atoms in total. The van der Waals surface area contributed by atoms with Gasteiger partial charge in [0.25, 0.3) is 0 Å². The smallest absolute Gasteiger partial charge is 0.00762 e. The van der Waals surface area contributed by atoms with Crippen LogP contribution in [-0.2, 0) is 11.8 Å². The van der Waals surface area contributed by atoms with E-state index in [1.165, 1.54) is 40.7 Å². The SMILES string of the molecule is Cc1ccc(Cc2ccc(C3(CN)CC3)cc2)c(C)c1. The summed E-state index contributed by atoms with van der Waals surface area (Å²) in [5.74, 6) is 0. The van der Waals surface area contributed by atoms with E-state index in [9.17, 15) is 0 Å². The lowest BCUT2D eigenvalue weighted by Crippen LogP contribution is -2.19. The lowest BCUT2D eigenvalue weighted by atomic mass is 9.93. The molecule has 1 fully saturated rings. The third-order valence-electron chi connectivity index (χ3n) is 4.70. The predicted molar refractivity (Wildman–Crippen MR) is 85.1 cm³/mol. The molecule has 0 aromatic heterocycles. The molecule has 1 saturated carbocycles. The molecule has 0 saturated heterocycles. The van der Waals surface area contributed by atoms with E-state index in [2.05, 4.69) is 56.3 Å². The lowest BCUT2D eigenvalue weighted by molar-refractivity contribution is 0.704. The Hall–Kier alpha value is -1.60. The quantitative estimate of drug-likeness (QED) is 0.892. The molecule has 1 aliphatic carbocycles. The lowest BCUT2D eigenvalue weighted by Gasteiger charge is -2.13. The molecule has 2 aromatic rings. The van der Waals surface area contributed by atoms with Gasteiger partial charge in [0.2, 0.25) is 0 Å². The summed E-state index contributed by atoms with van der Waals surface area (Å²) in [5, 5.41) is 0. The molecule has 1 heteroatoms. The molecule has 0 unspecified atom stereocenters. The monoisotopic (exact) mass is 265 g/mol. The van der Waals surface area contributed by atoms with Crippen molar-refractivity contribution in [1.29, 1.82) is 0 Å². The molecule has 1 aliphatic rings. The van der Waals surface area contributed by atoms with E-state index in [0.717, 1.165) is 13.0 Å². The first kappa shape index (κ1) is 13.4. The minimum atomic E-state index is 0.304. The fourth-order valence-corrected chi connectivity index (χ4v) is 3.00. The van der Waals surface area contributed by atoms with Crippen LogP contribution in [0.4, 0.5) is 0 Å². The summed E-state index contributed by atoms with van der Waals surface area (Å²) in [6.07, 6.45) is 3.52. The Morgan fingerprint density at radius 1 is 1.00 bits per heavy atom. The van der Waals surface area contributed by atoms with E-state index < -0.39 is 0 Å². The van der Waals surface area contributed by atoms with Crippen LogP contribution < -0.4 is 5.73 Å². The van der Waals surface area contributed by atoms with Gasteiger partial charge in [0.15, 0.2) is 0 Å². The van der Waals surface area contributed by atoms with Crippen LogP contribution in [0, 0.1) is 13.8 Å². The summed E-state index contributed by atoms with van der Waals surface area (Å²) in [6.45, 7) is 5.13. The van der Waals surface area contributed by atoms with Crippen molar-refractivity contribution in [1.82, 2.24) is 0 Å². The highest BCUT2D eigenvalue weighted by Crippen LogP contribution is 2.47. The highest BCUT2D eigenvalue weighted by molar-refractivity contribution is 5.38. The topological polar surface area (TPSA) is 26.0 Å². The van der Waals surface area contributed by atoms with Crippen molar-refractivity contribution >= 4 is 0 Å². The van der Waals surface area contributed by atoms with E-state index in [0.29, 0.717) is 5.41 Å². The standard InChI is InChI=1S/C19H23N/c1-14-3-6-17(15(2)11-14)12-16-4-7-18(8-5-16)19(13-20)9-10-19/h3-8,11H,9-10,12-13,20H2,1-2H3. The Balaban J connectivity index is 1.78. The first-order chi connectivity index (χ1) is 9.63. The minimum Gasteiger partial charge on any atom is -0.330 e. The molecule has 0 radical (unpaired) electrons. The Kier molecular flexibility index (Phi) is 3.39. The van der Waals surface area contributed by atoms with Crippen LogP contribution >= 0.6 is 0 Å². The Morgan fingerprint density at radius 2 is 1.70 bits per heavy atom. The van der Waals surface area contributed by atoms with Gasteiger partial charge in [-0.15, -0.1) is 0 Å². The summed E-state index contributed by atoms with van der Waals surface area (Å²) in [4.78, 5) is 0. The number of aryl methyl sites for hydroxylation is 2. The predicted octanol–water partition coefficient (Wildman–Crippen LogP) is 3.88. The second-order valence-corrected chi connectivity index (χ2v) is 6.29. The average molecular weight is 265 g/mol. The van der Waals surface area contributed by atoms with Gasteiger partial charge in [-0.2, -0.15) is 0 Å². The van der Waals surface area contributed by atoms with Crippen LogP contribution in [0.2, 0.25) is 0 Å². The third kappa shape index (κ3) is 2.51. The maximum Gasteiger partial charge on any atom is 0.00762 e. The largest absolute Gasteiger partial charge is 0.330 e. The summed E-state index contributed by atoms with van der Waals surface area (Å²) in [6, 6.07) is 15.8. The van der Waals surface area contributed by atoms with Crippen LogP contribution in [-0.4, -0.2) is 6.54 Å². The first-order valence-electron chi connectivity index (χ1n) is 7.49. The molecule has 0 heterocycles. The van der Waals surface area contributed by atoms with Crippen LogP contribution in [0.25, 0.3) is 0 Å². The van der Waals surface area contributed by atoms with E-state index in [1.807, 2.05) is 0 Å². The highest BCUT2D eigenvalue weighted by Gasteiger charge is 2.42. The Labute approximate surface area is 121 Å². The summed E-state index contributed by atoms with van der Waals surface area (Å²) >= 11 is 0. The molecule has 20 heavy (non-hydrogen) atoms. The van der Waals surface area contributed by atoms with Gasteiger partial charge in [-0.05, 0) is 55.4 Å². The van der Waals surface area contributed by atoms with Crippen LogP contribution in [0.3, 0.4) is 0 Å². The molecule has 0 aliphatic heterocycles. The van der Waals surface area contributed by atoms with Crippen molar-refractivity contribution in [3.63, 3.8) is 0 Å². The molecular formula is C19H23N. The fraction of sp³-hybridized carbons (Fsp3) is 0.368. The van der Waals surface area contributed by atoms with E-state index in [-0.39, 0.29) is 0 Å². The third-order valence-corrected chi connectivity index (χ3v) is 4.70. The van der Waals surface area contributed by atoms with E-state index in [1.54, 1.807) is 0 Å². The molecule has 0 spiro atoms.